The predicted octanol–water partition coefficient (Wildman–Crippen LogP) is 4.73. The van der Waals surface area contributed by atoms with Gasteiger partial charge in [0.1, 0.15) is 16.9 Å². The van der Waals surface area contributed by atoms with E-state index in [1.807, 2.05) is 24.1 Å². The first kappa shape index (κ1) is 26.8. The standard InChI is InChI=1S/C25H29N5O2.C2HF3O2/c1-3-6-20-22(17(2)27-32-20)24(31)28-14-11-25(16-28)21-8-5-13-29(21)23-19(7-4-12-26-23)30(25)15-18-9-10-18;3-2(4,5)1(6)7/h4-5,7-8,12-13,18H,3,6,9-11,14-16H2,1-2H3;(H,6,7). The van der Waals surface area contributed by atoms with Crippen LogP contribution >= 0.6 is 0 Å². The Morgan fingerprint density at radius 2 is 1.97 bits per heavy atom. The molecule has 1 atom stereocenters. The maximum atomic E-state index is 13.7. The zero-order chi connectivity index (χ0) is 27.9. The topological polar surface area (TPSA) is 105 Å². The first-order chi connectivity index (χ1) is 18.6. The highest BCUT2D eigenvalue weighted by Gasteiger charge is 2.52. The lowest BCUT2D eigenvalue weighted by molar-refractivity contribution is -0.192. The Kier molecular flexibility index (Phi) is 6.90. The fourth-order valence-corrected chi connectivity index (χ4v) is 5.57. The van der Waals surface area contributed by atoms with Crippen molar-refractivity contribution in [3.05, 3.63) is 59.4 Å². The number of alkyl halides is 3. The highest BCUT2D eigenvalue weighted by atomic mass is 19.4. The molecule has 5 heterocycles. The van der Waals surface area contributed by atoms with Gasteiger partial charge in [-0.1, -0.05) is 12.1 Å². The molecule has 1 aliphatic carbocycles. The van der Waals surface area contributed by atoms with Gasteiger partial charge in [0, 0.05) is 38.4 Å². The van der Waals surface area contributed by atoms with Crippen molar-refractivity contribution in [3.63, 3.8) is 0 Å². The second-order valence-electron chi connectivity index (χ2n) is 10.3. The van der Waals surface area contributed by atoms with Crippen LogP contribution in [0.25, 0.3) is 5.82 Å². The lowest BCUT2D eigenvalue weighted by Gasteiger charge is -2.47. The van der Waals surface area contributed by atoms with Crippen molar-refractivity contribution in [2.45, 2.75) is 57.7 Å². The molecule has 9 nitrogen and oxygen atoms in total. The number of hydrogen-bond donors (Lipinski definition) is 1. The predicted molar refractivity (Wildman–Crippen MR) is 135 cm³/mol. The molecule has 3 aliphatic rings. The number of pyridine rings is 1. The summed E-state index contributed by atoms with van der Waals surface area (Å²) in [7, 11) is 0. The first-order valence-corrected chi connectivity index (χ1v) is 13.0. The van der Waals surface area contributed by atoms with Gasteiger partial charge in [0.15, 0.2) is 5.82 Å². The second-order valence-corrected chi connectivity index (χ2v) is 10.3. The second kappa shape index (κ2) is 10.0. The minimum absolute atomic E-state index is 0.0468. The number of amides is 1. The van der Waals surface area contributed by atoms with Gasteiger partial charge in [-0.25, -0.2) is 9.78 Å². The molecule has 0 bridgehead atoms. The summed E-state index contributed by atoms with van der Waals surface area (Å²) in [5, 5.41) is 11.2. The van der Waals surface area contributed by atoms with Gasteiger partial charge in [-0.05, 0) is 62.8 Å². The third-order valence-electron chi connectivity index (χ3n) is 7.57. The summed E-state index contributed by atoms with van der Waals surface area (Å²) in [4.78, 5) is 31.9. The molecular formula is C27H30F3N5O4. The maximum Gasteiger partial charge on any atom is 0.490 e. The summed E-state index contributed by atoms with van der Waals surface area (Å²) in [6, 6.07) is 8.52. The molecule has 208 valence electrons. The molecule has 1 N–H and O–H groups in total. The van der Waals surface area contributed by atoms with Crippen LogP contribution in [0.15, 0.2) is 41.2 Å². The average Bonchev–Trinajstić information content (AvgIpc) is 3.26. The van der Waals surface area contributed by atoms with Crippen LogP contribution < -0.4 is 4.90 Å². The molecule has 39 heavy (non-hydrogen) atoms. The zero-order valence-electron chi connectivity index (χ0n) is 21.7. The van der Waals surface area contributed by atoms with Gasteiger partial charge in [-0.3, -0.25) is 4.79 Å². The Hall–Kier alpha value is -3.83. The summed E-state index contributed by atoms with van der Waals surface area (Å²) < 4.78 is 39.5. The number of hydrogen-bond acceptors (Lipinski definition) is 6. The van der Waals surface area contributed by atoms with Gasteiger partial charge >= 0.3 is 12.1 Å². The smallest absolute Gasteiger partial charge is 0.475 e. The minimum atomic E-state index is -5.08. The molecule has 3 aromatic heterocycles. The van der Waals surface area contributed by atoms with Gasteiger partial charge in [0.25, 0.3) is 5.91 Å². The van der Waals surface area contributed by atoms with Crippen LogP contribution in [-0.2, 0) is 16.8 Å². The Balaban J connectivity index is 0.000000392. The number of aliphatic carboxylic acids is 1. The van der Waals surface area contributed by atoms with Crippen LogP contribution in [0.4, 0.5) is 18.9 Å². The summed E-state index contributed by atoms with van der Waals surface area (Å²) in [5.41, 5.74) is 3.51. The molecule has 12 heteroatoms. The van der Waals surface area contributed by atoms with E-state index in [-0.39, 0.29) is 11.4 Å². The molecule has 3 aromatic rings. The SMILES string of the molecule is CCCc1onc(C)c1C(=O)N1CCC2(C1)c1cccn1-c1ncccc1N2CC1CC1.O=C(O)C(F)(F)F. The number of likely N-dealkylation sites (tertiary alicyclic amines) is 1. The first-order valence-electron chi connectivity index (χ1n) is 13.0. The van der Waals surface area contributed by atoms with Crippen LogP contribution in [0, 0.1) is 12.8 Å². The number of carboxylic acid groups (broad SMARTS) is 1. The molecule has 1 unspecified atom stereocenters. The van der Waals surface area contributed by atoms with Crippen molar-refractivity contribution in [3.8, 4) is 5.82 Å². The number of fused-ring (bicyclic) bond motifs is 4. The molecule has 2 fully saturated rings. The van der Waals surface area contributed by atoms with Gasteiger partial charge in [-0.2, -0.15) is 13.2 Å². The van der Waals surface area contributed by atoms with Crippen molar-refractivity contribution in [2.75, 3.05) is 24.5 Å². The maximum absolute atomic E-state index is 13.7. The van der Waals surface area contributed by atoms with Gasteiger partial charge < -0.3 is 24.0 Å². The van der Waals surface area contributed by atoms with E-state index in [0.717, 1.165) is 44.1 Å². The molecule has 6 rings (SSSR count). The average molecular weight is 546 g/mol. The number of anilines is 1. The fraction of sp³-hybridized carbons (Fsp3) is 0.481. The van der Waals surface area contributed by atoms with Crippen LogP contribution in [0.1, 0.15) is 60.1 Å². The van der Waals surface area contributed by atoms with Crippen molar-refractivity contribution in [1.29, 1.82) is 0 Å². The van der Waals surface area contributed by atoms with Crippen molar-refractivity contribution >= 4 is 17.6 Å². The van der Waals surface area contributed by atoms with E-state index in [2.05, 4.69) is 45.9 Å². The van der Waals surface area contributed by atoms with E-state index in [4.69, 9.17) is 19.4 Å². The van der Waals surface area contributed by atoms with Crippen molar-refractivity contribution in [1.82, 2.24) is 19.6 Å². The van der Waals surface area contributed by atoms with Gasteiger partial charge in [-0.15, -0.1) is 0 Å². The van der Waals surface area contributed by atoms with E-state index in [0.29, 0.717) is 23.6 Å². The molecule has 0 radical (unpaired) electrons. The summed E-state index contributed by atoms with van der Waals surface area (Å²) >= 11 is 0. The van der Waals surface area contributed by atoms with E-state index >= 15 is 0 Å². The van der Waals surface area contributed by atoms with E-state index in [1.165, 1.54) is 24.2 Å². The highest BCUT2D eigenvalue weighted by molar-refractivity contribution is 5.96. The third kappa shape index (κ3) is 4.87. The van der Waals surface area contributed by atoms with Crippen LogP contribution in [0.2, 0.25) is 0 Å². The lowest BCUT2D eigenvalue weighted by atomic mass is 9.88. The number of carboxylic acids is 1. The normalized spacial score (nSPS) is 19.9. The number of aromatic nitrogens is 3. The molecule has 2 aliphatic heterocycles. The summed E-state index contributed by atoms with van der Waals surface area (Å²) in [5.74, 6) is -0.281. The van der Waals surface area contributed by atoms with Crippen molar-refractivity contribution in [2.24, 2.45) is 5.92 Å². The molecule has 1 spiro atoms. The van der Waals surface area contributed by atoms with E-state index in [9.17, 15) is 18.0 Å². The Bertz CT molecular complexity index is 1380. The van der Waals surface area contributed by atoms with E-state index in [1.54, 1.807) is 0 Å². The number of halogens is 3. The molecule has 1 amide bonds. The van der Waals surface area contributed by atoms with Crippen LogP contribution in [0.3, 0.4) is 0 Å². The lowest BCUT2D eigenvalue weighted by Crippen LogP contribution is -2.53. The summed E-state index contributed by atoms with van der Waals surface area (Å²) in [6.07, 6.45) is 4.01. The van der Waals surface area contributed by atoms with Crippen LogP contribution in [0.5, 0.6) is 0 Å². The fourth-order valence-electron chi connectivity index (χ4n) is 5.57. The van der Waals surface area contributed by atoms with Gasteiger partial charge in [0.2, 0.25) is 0 Å². The monoisotopic (exact) mass is 545 g/mol. The third-order valence-corrected chi connectivity index (χ3v) is 7.57. The number of rotatable bonds is 5. The Morgan fingerprint density at radius 3 is 2.64 bits per heavy atom. The number of nitrogens with zero attached hydrogens (tertiary/aromatic N) is 5. The molecule has 0 aromatic carbocycles. The molecule has 1 saturated carbocycles. The zero-order valence-corrected chi connectivity index (χ0v) is 21.7. The van der Waals surface area contributed by atoms with E-state index < -0.39 is 12.1 Å². The molecule has 1 saturated heterocycles. The summed E-state index contributed by atoms with van der Waals surface area (Å²) in [6.45, 7) is 6.35. The highest BCUT2D eigenvalue weighted by Crippen LogP contribution is 2.49. The minimum Gasteiger partial charge on any atom is -0.475 e. The number of carbonyl (C=O) groups excluding carboxylic acids is 1. The van der Waals surface area contributed by atoms with Gasteiger partial charge in [0.05, 0.1) is 17.1 Å². The van der Waals surface area contributed by atoms with Crippen molar-refractivity contribution < 1.29 is 32.4 Å². The Labute approximate surface area is 223 Å². The van der Waals surface area contributed by atoms with Crippen LogP contribution in [-0.4, -0.2) is 62.4 Å². The quantitative estimate of drug-likeness (QED) is 0.495. The number of aryl methyl sites for hydroxylation is 2. The largest absolute Gasteiger partial charge is 0.490 e. The number of carbonyl (C=O) groups is 2. The Morgan fingerprint density at radius 1 is 1.23 bits per heavy atom. The molecular weight excluding hydrogens is 515 g/mol.